The summed E-state index contributed by atoms with van der Waals surface area (Å²) in [5, 5.41) is 0. The van der Waals surface area contributed by atoms with E-state index < -0.39 is 11.7 Å². The first-order valence-corrected chi connectivity index (χ1v) is 8.39. The largest absolute Gasteiger partial charge is 0.416 e. The zero-order valence-electron chi connectivity index (χ0n) is 14.0. The summed E-state index contributed by atoms with van der Waals surface area (Å²) in [4.78, 5) is 12.9. The van der Waals surface area contributed by atoms with Gasteiger partial charge in [-0.25, -0.2) is 0 Å². The van der Waals surface area contributed by atoms with Gasteiger partial charge in [-0.05, 0) is 40.3 Å². The monoisotopic (exact) mass is 352 g/mol. The van der Waals surface area contributed by atoms with Crippen LogP contribution in [0.5, 0.6) is 0 Å². The molecule has 0 N–H and O–H groups in total. The predicted octanol–water partition coefficient (Wildman–Crippen LogP) is 6.15. The number of aryl methyl sites for hydroxylation is 1. The third-order valence-electron chi connectivity index (χ3n) is 4.86. The van der Waals surface area contributed by atoms with Crippen LogP contribution in [0, 0.1) is 0 Å². The molecule has 1 nitrogen and oxygen atoms in total. The molecule has 1 aliphatic carbocycles. The molecule has 0 saturated heterocycles. The molecule has 0 amide bonds. The summed E-state index contributed by atoms with van der Waals surface area (Å²) < 4.78 is 40.3. The van der Waals surface area contributed by atoms with Gasteiger partial charge < -0.3 is 0 Å². The summed E-state index contributed by atoms with van der Waals surface area (Å²) in [7, 11) is 0. The Hall–Kier alpha value is -2.88. The Balaban J connectivity index is 1.94. The lowest BCUT2D eigenvalue weighted by atomic mass is 9.92. The molecule has 0 fully saturated rings. The average Bonchev–Trinajstić information content (AvgIpc) is 2.94. The molecule has 4 heteroatoms. The van der Waals surface area contributed by atoms with Crippen molar-refractivity contribution in [1.82, 2.24) is 0 Å². The molecule has 0 saturated carbocycles. The molecule has 0 radical (unpaired) electrons. The number of carbonyl (C=O) groups excluding carboxylic acids is 1. The van der Waals surface area contributed by atoms with Crippen molar-refractivity contribution in [1.29, 1.82) is 0 Å². The van der Waals surface area contributed by atoms with E-state index in [2.05, 4.69) is 0 Å². The number of halogens is 3. The molecule has 0 bridgehead atoms. The second-order valence-corrected chi connectivity index (χ2v) is 6.33. The molecule has 26 heavy (non-hydrogen) atoms. The van der Waals surface area contributed by atoms with Crippen LogP contribution in [0.25, 0.3) is 22.3 Å². The molecule has 3 aromatic carbocycles. The fourth-order valence-electron chi connectivity index (χ4n) is 3.63. The number of benzene rings is 3. The first-order valence-electron chi connectivity index (χ1n) is 8.39. The molecular weight excluding hydrogens is 337 g/mol. The topological polar surface area (TPSA) is 17.1 Å². The zero-order chi connectivity index (χ0) is 18.5. The molecule has 0 heterocycles. The number of ketones is 1. The van der Waals surface area contributed by atoms with E-state index in [1.54, 1.807) is 37.3 Å². The van der Waals surface area contributed by atoms with Crippen molar-refractivity contribution < 1.29 is 18.0 Å². The SMILES string of the molecule is CCc1ccc(-c2cccc3c2C(=O)c2ccccc2-3)cc1C(F)(F)F. The second kappa shape index (κ2) is 5.84. The van der Waals surface area contributed by atoms with Gasteiger partial charge in [-0.1, -0.05) is 61.5 Å². The Morgan fingerprint density at radius 2 is 1.46 bits per heavy atom. The van der Waals surface area contributed by atoms with Gasteiger partial charge in [-0.2, -0.15) is 13.2 Å². The van der Waals surface area contributed by atoms with Gasteiger partial charge >= 0.3 is 6.18 Å². The van der Waals surface area contributed by atoms with Crippen LogP contribution in [0.4, 0.5) is 13.2 Å². The lowest BCUT2D eigenvalue weighted by Crippen LogP contribution is -2.09. The quantitative estimate of drug-likeness (QED) is 0.423. The van der Waals surface area contributed by atoms with Crippen LogP contribution in [0.3, 0.4) is 0 Å². The van der Waals surface area contributed by atoms with Crippen LogP contribution in [-0.4, -0.2) is 5.78 Å². The predicted molar refractivity (Wildman–Crippen MR) is 95.1 cm³/mol. The van der Waals surface area contributed by atoms with Crippen molar-refractivity contribution in [3.8, 4) is 22.3 Å². The second-order valence-electron chi connectivity index (χ2n) is 6.33. The number of fused-ring (bicyclic) bond motifs is 3. The van der Waals surface area contributed by atoms with Gasteiger partial charge in [0.1, 0.15) is 0 Å². The smallest absolute Gasteiger partial charge is 0.289 e. The highest BCUT2D eigenvalue weighted by atomic mass is 19.4. The standard InChI is InChI=1S/C22H15F3O/c1-2-13-10-11-14(12-19(13)22(23,24)25)15-8-5-9-17-16-6-3-4-7-18(16)21(26)20(15)17/h3-12H,2H2,1H3. The number of rotatable bonds is 2. The molecule has 0 atom stereocenters. The molecule has 3 aromatic rings. The highest BCUT2D eigenvalue weighted by Gasteiger charge is 2.34. The van der Waals surface area contributed by atoms with E-state index in [0.29, 0.717) is 28.7 Å². The first kappa shape index (κ1) is 16.6. The van der Waals surface area contributed by atoms with Crippen LogP contribution in [0.15, 0.2) is 60.7 Å². The van der Waals surface area contributed by atoms with E-state index in [0.717, 1.165) is 17.2 Å². The minimum Gasteiger partial charge on any atom is -0.289 e. The lowest BCUT2D eigenvalue weighted by Gasteiger charge is -2.15. The summed E-state index contributed by atoms with van der Waals surface area (Å²) in [6.45, 7) is 1.70. The maximum absolute atomic E-state index is 13.4. The Morgan fingerprint density at radius 1 is 0.808 bits per heavy atom. The Labute approximate surface area is 149 Å². The van der Waals surface area contributed by atoms with Crippen LogP contribution < -0.4 is 0 Å². The fourth-order valence-corrected chi connectivity index (χ4v) is 3.63. The van der Waals surface area contributed by atoms with E-state index in [9.17, 15) is 18.0 Å². The van der Waals surface area contributed by atoms with E-state index >= 15 is 0 Å². The zero-order valence-corrected chi connectivity index (χ0v) is 14.0. The van der Waals surface area contributed by atoms with E-state index in [1.807, 2.05) is 18.2 Å². The van der Waals surface area contributed by atoms with Gasteiger partial charge in [0.15, 0.2) is 5.78 Å². The number of hydrogen-bond acceptors (Lipinski definition) is 1. The maximum Gasteiger partial charge on any atom is 0.416 e. The van der Waals surface area contributed by atoms with Gasteiger partial charge in [0.05, 0.1) is 5.56 Å². The minimum absolute atomic E-state index is 0.140. The molecule has 0 aliphatic heterocycles. The third-order valence-corrected chi connectivity index (χ3v) is 4.86. The first-order chi connectivity index (χ1) is 12.4. The van der Waals surface area contributed by atoms with Gasteiger partial charge in [0.2, 0.25) is 0 Å². The molecular formula is C22H15F3O. The maximum atomic E-state index is 13.4. The lowest BCUT2D eigenvalue weighted by molar-refractivity contribution is -0.138. The molecule has 0 aromatic heterocycles. The van der Waals surface area contributed by atoms with Crippen LogP contribution in [0.2, 0.25) is 0 Å². The van der Waals surface area contributed by atoms with Gasteiger partial charge in [-0.15, -0.1) is 0 Å². The fraction of sp³-hybridized carbons (Fsp3) is 0.136. The normalized spacial score (nSPS) is 12.8. The molecule has 4 rings (SSSR count). The van der Waals surface area contributed by atoms with Crippen molar-refractivity contribution in [2.75, 3.05) is 0 Å². The van der Waals surface area contributed by atoms with Gasteiger partial charge in [0.25, 0.3) is 0 Å². The van der Waals surface area contributed by atoms with Crippen molar-refractivity contribution in [2.24, 2.45) is 0 Å². The molecule has 130 valence electrons. The van der Waals surface area contributed by atoms with E-state index in [-0.39, 0.29) is 11.3 Å². The third kappa shape index (κ3) is 2.45. The summed E-state index contributed by atoms with van der Waals surface area (Å²) in [6, 6.07) is 16.9. The summed E-state index contributed by atoms with van der Waals surface area (Å²) in [5.41, 5.74) is 3.24. The molecule has 0 unspecified atom stereocenters. The highest BCUT2D eigenvalue weighted by molar-refractivity contribution is 6.24. The Kier molecular flexibility index (Phi) is 3.72. The van der Waals surface area contributed by atoms with E-state index in [4.69, 9.17) is 0 Å². The molecule has 0 spiro atoms. The van der Waals surface area contributed by atoms with Crippen molar-refractivity contribution >= 4 is 5.78 Å². The van der Waals surface area contributed by atoms with Crippen molar-refractivity contribution in [3.05, 3.63) is 82.9 Å². The van der Waals surface area contributed by atoms with Crippen LogP contribution in [0.1, 0.15) is 34.0 Å². The Bertz CT molecular complexity index is 1030. The van der Waals surface area contributed by atoms with Crippen molar-refractivity contribution in [3.63, 3.8) is 0 Å². The number of carbonyl (C=O) groups is 1. The number of hydrogen-bond donors (Lipinski definition) is 0. The van der Waals surface area contributed by atoms with Gasteiger partial charge in [0, 0.05) is 11.1 Å². The summed E-state index contributed by atoms with van der Waals surface area (Å²) in [6.07, 6.45) is -4.13. The molecule has 1 aliphatic rings. The summed E-state index contributed by atoms with van der Waals surface area (Å²) >= 11 is 0. The van der Waals surface area contributed by atoms with Gasteiger partial charge in [-0.3, -0.25) is 4.79 Å². The van der Waals surface area contributed by atoms with Crippen LogP contribution >= 0.6 is 0 Å². The Morgan fingerprint density at radius 3 is 2.15 bits per heavy atom. The number of alkyl halides is 3. The highest BCUT2D eigenvalue weighted by Crippen LogP contribution is 2.42. The minimum atomic E-state index is -4.42. The van der Waals surface area contributed by atoms with Crippen LogP contribution in [-0.2, 0) is 12.6 Å². The average molecular weight is 352 g/mol. The van der Waals surface area contributed by atoms with E-state index in [1.165, 1.54) is 6.07 Å². The summed E-state index contributed by atoms with van der Waals surface area (Å²) in [5.74, 6) is -0.140. The van der Waals surface area contributed by atoms with Crippen molar-refractivity contribution in [2.45, 2.75) is 19.5 Å².